The van der Waals surface area contributed by atoms with Crippen molar-refractivity contribution in [3.8, 4) is 0 Å². The Morgan fingerprint density at radius 2 is 1.44 bits per heavy atom. The van der Waals surface area contributed by atoms with Crippen LogP contribution < -0.4 is 5.32 Å². The van der Waals surface area contributed by atoms with Gasteiger partial charge in [-0.05, 0) is 48.2 Å². The number of nitrogens with zero attached hydrogens (tertiary/aromatic N) is 2. The highest BCUT2D eigenvalue weighted by molar-refractivity contribution is 5.83. The van der Waals surface area contributed by atoms with E-state index in [1.165, 1.54) is 38.5 Å². The summed E-state index contributed by atoms with van der Waals surface area (Å²) in [7, 11) is 0. The molecule has 1 aliphatic carbocycles. The number of alkyl halides is 6. The molecule has 1 amide bonds. The van der Waals surface area contributed by atoms with Gasteiger partial charge in [-0.15, -0.1) is 0 Å². The quantitative estimate of drug-likeness (QED) is 0.370. The first-order valence-corrected chi connectivity index (χ1v) is 13.6. The number of carbonyl (C=O) groups excluding carboxylic acids is 1. The molecule has 1 saturated carbocycles. The molecule has 214 valence electrons. The zero-order valence-electron chi connectivity index (χ0n) is 21.8. The molecule has 2 aliphatic rings. The topological polar surface area (TPSA) is 35.6 Å². The van der Waals surface area contributed by atoms with Gasteiger partial charge in [0.2, 0.25) is 5.91 Å². The average molecular weight is 556 g/mol. The molecular weight excluding hydrogens is 520 g/mol. The Morgan fingerprint density at radius 1 is 0.846 bits per heavy atom. The zero-order valence-corrected chi connectivity index (χ0v) is 21.8. The third-order valence-electron chi connectivity index (χ3n) is 7.83. The minimum absolute atomic E-state index is 0.0891. The van der Waals surface area contributed by atoms with E-state index >= 15 is 0 Å². The van der Waals surface area contributed by atoms with Crippen LogP contribution in [0.25, 0.3) is 0 Å². The Kier molecular flexibility index (Phi) is 9.59. The van der Waals surface area contributed by atoms with Crippen molar-refractivity contribution in [1.29, 1.82) is 0 Å². The second-order valence-corrected chi connectivity index (χ2v) is 10.6. The number of nitrogens with one attached hydrogen (secondary N) is 1. The van der Waals surface area contributed by atoms with Crippen LogP contribution in [0.5, 0.6) is 0 Å². The van der Waals surface area contributed by atoms with Crippen molar-refractivity contribution in [3.05, 3.63) is 70.8 Å². The second-order valence-electron chi connectivity index (χ2n) is 10.6. The van der Waals surface area contributed by atoms with Crippen LogP contribution in [0.2, 0.25) is 0 Å². The maximum Gasteiger partial charge on any atom is 0.416 e. The molecule has 0 bridgehead atoms. The minimum atomic E-state index is -4.94. The van der Waals surface area contributed by atoms with Crippen LogP contribution in [-0.4, -0.2) is 48.4 Å². The van der Waals surface area contributed by atoms with Crippen molar-refractivity contribution in [1.82, 2.24) is 15.1 Å². The first kappa shape index (κ1) is 29.4. The van der Waals surface area contributed by atoms with Gasteiger partial charge in [0.1, 0.15) is 6.04 Å². The Morgan fingerprint density at radius 3 is 2.00 bits per heavy atom. The second kappa shape index (κ2) is 12.7. The number of amides is 1. The van der Waals surface area contributed by atoms with Gasteiger partial charge in [0, 0.05) is 32.7 Å². The first-order chi connectivity index (χ1) is 18.5. The molecule has 1 aliphatic heterocycles. The van der Waals surface area contributed by atoms with E-state index in [4.69, 9.17) is 0 Å². The summed E-state index contributed by atoms with van der Waals surface area (Å²) in [6, 6.07) is 9.75. The maximum atomic E-state index is 13.4. The SMILES string of the molecule is O=C(NCc1cc(C(F)(F)F)cc(C(F)(F)F)c1)C(c1ccccc1)N1CCN(CCC2CCCCC2)CC1. The van der Waals surface area contributed by atoms with E-state index in [1.54, 1.807) is 12.1 Å². The van der Waals surface area contributed by atoms with Crippen LogP contribution in [-0.2, 0) is 23.7 Å². The fourth-order valence-corrected chi connectivity index (χ4v) is 5.66. The van der Waals surface area contributed by atoms with Crippen LogP contribution in [0.15, 0.2) is 48.5 Å². The molecule has 0 aromatic heterocycles. The summed E-state index contributed by atoms with van der Waals surface area (Å²) >= 11 is 0. The first-order valence-electron chi connectivity index (χ1n) is 13.6. The molecular formula is C29H35F6N3O. The van der Waals surface area contributed by atoms with E-state index in [9.17, 15) is 31.1 Å². The number of halogens is 6. The lowest BCUT2D eigenvalue weighted by Gasteiger charge is -2.39. The molecule has 1 heterocycles. The summed E-state index contributed by atoms with van der Waals surface area (Å²) in [5.41, 5.74) is -2.33. The fraction of sp³-hybridized carbons (Fsp3) is 0.552. The minimum Gasteiger partial charge on any atom is -0.350 e. The molecule has 10 heteroatoms. The Balaban J connectivity index is 1.42. The Hall–Kier alpha value is -2.59. The van der Waals surface area contributed by atoms with Gasteiger partial charge < -0.3 is 10.2 Å². The van der Waals surface area contributed by atoms with E-state index < -0.39 is 42.0 Å². The van der Waals surface area contributed by atoms with E-state index in [2.05, 4.69) is 10.2 Å². The van der Waals surface area contributed by atoms with E-state index in [0.29, 0.717) is 25.2 Å². The van der Waals surface area contributed by atoms with Gasteiger partial charge in [-0.25, -0.2) is 0 Å². The van der Waals surface area contributed by atoms with Crippen LogP contribution in [0.4, 0.5) is 26.3 Å². The number of hydrogen-bond donors (Lipinski definition) is 1. The summed E-state index contributed by atoms with van der Waals surface area (Å²) in [6.07, 6.45) is -2.16. The van der Waals surface area contributed by atoms with Gasteiger partial charge in [0.25, 0.3) is 0 Å². The third kappa shape index (κ3) is 8.20. The zero-order chi connectivity index (χ0) is 28.0. The van der Waals surface area contributed by atoms with Crippen LogP contribution >= 0.6 is 0 Å². The summed E-state index contributed by atoms with van der Waals surface area (Å²) in [5, 5.41) is 2.60. The van der Waals surface area contributed by atoms with Crippen molar-refractivity contribution >= 4 is 5.91 Å². The highest BCUT2D eigenvalue weighted by Gasteiger charge is 2.37. The normalized spacial score (nSPS) is 19.1. The van der Waals surface area contributed by atoms with Crippen molar-refractivity contribution in [3.63, 3.8) is 0 Å². The lowest BCUT2D eigenvalue weighted by atomic mass is 9.87. The predicted octanol–water partition coefficient (Wildman–Crippen LogP) is 6.67. The van der Waals surface area contributed by atoms with E-state index in [1.807, 2.05) is 23.1 Å². The largest absolute Gasteiger partial charge is 0.416 e. The number of carbonyl (C=O) groups is 1. The monoisotopic (exact) mass is 555 g/mol. The Labute approximate surface area is 225 Å². The summed E-state index contributed by atoms with van der Waals surface area (Å²) in [5.74, 6) is 0.330. The molecule has 1 atom stereocenters. The maximum absolute atomic E-state index is 13.4. The third-order valence-corrected chi connectivity index (χ3v) is 7.83. The molecule has 4 rings (SSSR count). The molecule has 4 nitrogen and oxygen atoms in total. The molecule has 0 radical (unpaired) electrons. The van der Waals surface area contributed by atoms with Gasteiger partial charge in [0.05, 0.1) is 11.1 Å². The van der Waals surface area contributed by atoms with Gasteiger partial charge in [0.15, 0.2) is 0 Å². The molecule has 2 fully saturated rings. The van der Waals surface area contributed by atoms with Crippen LogP contribution in [0.1, 0.15) is 66.8 Å². The molecule has 39 heavy (non-hydrogen) atoms. The molecule has 1 N–H and O–H groups in total. The lowest BCUT2D eigenvalue weighted by Crippen LogP contribution is -2.51. The fourth-order valence-electron chi connectivity index (χ4n) is 5.66. The molecule has 0 spiro atoms. The van der Waals surface area contributed by atoms with Gasteiger partial charge in [-0.3, -0.25) is 9.69 Å². The van der Waals surface area contributed by atoms with Crippen LogP contribution in [0, 0.1) is 5.92 Å². The number of rotatable bonds is 8. The highest BCUT2D eigenvalue weighted by atomic mass is 19.4. The van der Waals surface area contributed by atoms with E-state index in [-0.39, 0.29) is 11.6 Å². The Bertz CT molecular complexity index is 1040. The predicted molar refractivity (Wildman–Crippen MR) is 137 cm³/mol. The van der Waals surface area contributed by atoms with Gasteiger partial charge in [-0.1, -0.05) is 62.4 Å². The van der Waals surface area contributed by atoms with Crippen molar-refractivity contribution in [2.24, 2.45) is 5.92 Å². The number of piperazine rings is 1. The van der Waals surface area contributed by atoms with Gasteiger partial charge >= 0.3 is 12.4 Å². The number of hydrogen-bond acceptors (Lipinski definition) is 3. The molecule has 1 unspecified atom stereocenters. The highest BCUT2D eigenvalue weighted by Crippen LogP contribution is 2.36. The van der Waals surface area contributed by atoms with Crippen molar-refractivity contribution in [2.45, 2.75) is 63.5 Å². The average Bonchev–Trinajstić information content (AvgIpc) is 2.92. The van der Waals surface area contributed by atoms with Crippen molar-refractivity contribution < 1.29 is 31.1 Å². The lowest BCUT2D eigenvalue weighted by molar-refractivity contribution is -0.143. The molecule has 1 saturated heterocycles. The van der Waals surface area contributed by atoms with Crippen molar-refractivity contribution in [2.75, 3.05) is 32.7 Å². The summed E-state index contributed by atoms with van der Waals surface area (Å²) < 4.78 is 79.5. The molecule has 2 aromatic carbocycles. The van der Waals surface area contributed by atoms with Crippen LogP contribution in [0.3, 0.4) is 0 Å². The smallest absolute Gasteiger partial charge is 0.350 e. The number of benzene rings is 2. The molecule has 2 aromatic rings. The summed E-state index contributed by atoms with van der Waals surface area (Å²) in [4.78, 5) is 17.8. The van der Waals surface area contributed by atoms with Gasteiger partial charge in [-0.2, -0.15) is 26.3 Å². The standard InChI is InChI=1S/C29H35F6N3O/c30-28(31,32)24-17-22(18-25(19-24)29(33,34)35)20-36-27(39)26(23-9-5-2-6-10-23)38-15-13-37(14-16-38)12-11-21-7-3-1-4-8-21/h2,5-6,9-10,17-19,21,26H,1,3-4,7-8,11-16,20H2,(H,36,39). The summed E-state index contributed by atoms with van der Waals surface area (Å²) in [6.45, 7) is 3.45. The van der Waals surface area contributed by atoms with E-state index in [0.717, 1.165) is 31.1 Å².